The Morgan fingerprint density at radius 3 is 2.00 bits per heavy atom. The van der Waals surface area contributed by atoms with Gasteiger partial charge in [-0.3, -0.25) is 0 Å². The first-order valence-electron chi connectivity index (χ1n) is 8.47. The highest BCUT2D eigenvalue weighted by Gasteiger charge is 2.38. The number of sulfonamides is 1. The third-order valence-corrected chi connectivity index (χ3v) is 6.35. The van der Waals surface area contributed by atoms with Gasteiger partial charge in [-0.05, 0) is 54.8 Å². The molecule has 0 aliphatic heterocycles. The largest absolute Gasteiger partial charge is 0.493 e. The van der Waals surface area contributed by atoms with Crippen LogP contribution in [0.3, 0.4) is 0 Å². The monoisotopic (exact) mass is 395 g/mol. The minimum Gasteiger partial charge on any atom is -0.493 e. The number of benzene rings is 2. The molecule has 2 aromatic carbocycles. The fourth-order valence-electron chi connectivity index (χ4n) is 2.92. The van der Waals surface area contributed by atoms with Crippen molar-refractivity contribution in [1.82, 2.24) is 4.31 Å². The highest BCUT2D eigenvalue weighted by atomic mass is 32.2. The zero-order chi connectivity index (χ0) is 19.6. The van der Waals surface area contributed by atoms with Crippen LogP contribution in [0.4, 0.5) is 4.39 Å². The molecule has 2 aromatic rings. The topological polar surface area (TPSA) is 65.1 Å². The van der Waals surface area contributed by atoms with Crippen molar-refractivity contribution in [3.63, 3.8) is 0 Å². The molecule has 0 heterocycles. The number of nitrogens with zero attached hydrogens (tertiary/aromatic N) is 1. The van der Waals surface area contributed by atoms with Crippen molar-refractivity contribution in [3.05, 3.63) is 47.8 Å². The number of halogens is 1. The smallest absolute Gasteiger partial charge is 0.243 e. The Morgan fingerprint density at radius 2 is 1.56 bits per heavy atom. The number of ether oxygens (including phenoxy) is 3. The zero-order valence-corrected chi connectivity index (χ0v) is 16.3. The van der Waals surface area contributed by atoms with Gasteiger partial charge in [-0.2, -0.15) is 4.31 Å². The molecule has 0 aromatic heterocycles. The molecule has 0 saturated heterocycles. The van der Waals surface area contributed by atoms with Crippen LogP contribution >= 0.6 is 0 Å². The van der Waals surface area contributed by atoms with Gasteiger partial charge in [0.15, 0.2) is 11.5 Å². The minimum absolute atomic E-state index is 0.0702. The maximum atomic E-state index is 13.2. The Hall–Kier alpha value is -2.32. The van der Waals surface area contributed by atoms with E-state index in [4.69, 9.17) is 14.2 Å². The molecule has 27 heavy (non-hydrogen) atoms. The molecule has 3 rings (SSSR count). The van der Waals surface area contributed by atoms with Crippen molar-refractivity contribution in [1.29, 1.82) is 0 Å². The number of hydrogen-bond donors (Lipinski definition) is 0. The zero-order valence-electron chi connectivity index (χ0n) is 15.4. The summed E-state index contributed by atoms with van der Waals surface area (Å²) >= 11 is 0. The predicted molar refractivity (Wildman–Crippen MR) is 98.2 cm³/mol. The Labute approximate surface area is 158 Å². The summed E-state index contributed by atoms with van der Waals surface area (Å²) in [5.41, 5.74) is 0.710. The van der Waals surface area contributed by atoms with Gasteiger partial charge < -0.3 is 14.2 Å². The summed E-state index contributed by atoms with van der Waals surface area (Å²) < 4.78 is 56.8. The quantitative estimate of drug-likeness (QED) is 0.687. The van der Waals surface area contributed by atoms with Gasteiger partial charge >= 0.3 is 0 Å². The lowest BCUT2D eigenvalue weighted by Crippen LogP contribution is -2.32. The summed E-state index contributed by atoms with van der Waals surface area (Å²) in [6.45, 7) is 0.154. The molecule has 6 nitrogen and oxygen atoms in total. The first-order valence-corrected chi connectivity index (χ1v) is 9.91. The highest BCUT2D eigenvalue weighted by molar-refractivity contribution is 7.89. The van der Waals surface area contributed by atoms with Gasteiger partial charge in [-0.1, -0.05) is 0 Å². The maximum absolute atomic E-state index is 13.2. The molecule has 0 N–H and O–H groups in total. The van der Waals surface area contributed by atoms with Gasteiger partial charge in [-0.25, -0.2) is 12.8 Å². The lowest BCUT2D eigenvalue weighted by Gasteiger charge is -2.23. The highest BCUT2D eigenvalue weighted by Crippen LogP contribution is 2.40. The normalized spacial score (nSPS) is 14.3. The summed E-state index contributed by atoms with van der Waals surface area (Å²) in [5, 5.41) is 0. The van der Waals surface area contributed by atoms with Gasteiger partial charge in [0.1, 0.15) is 5.82 Å². The first-order chi connectivity index (χ1) is 12.9. The standard InChI is InChI=1S/C19H22FNO5S/c1-24-17-10-13(11-18(25-2)19(17)26-3)12-21(15-6-7-15)27(22,23)16-8-4-14(20)5-9-16/h4-5,8-11,15H,6-7,12H2,1-3H3. The third-order valence-electron chi connectivity index (χ3n) is 4.44. The fraction of sp³-hybridized carbons (Fsp3) is 0.368. The van der Waals surface area contributed by atoms with Crippen molar-refractivity contribution in [2.75, 3.05) is 21.3 Å². The third kappa shape index (κ3) is 4.01. The molecule has 0 unspecified atom stereocenters. The second-order valence-electron chi connectivity index (χ2n) is 6.27. The summed E-state index contributed by atoms with van der Waals surface area (Å²) in [5.74, 6) is 0.892. The molecule has 0 radical (unpaired) electrons. The van der Waals surface area contributed by atoms with Crippen LogP contribution in [0.5, 0.6) is 17.2 Å². The van der Waals surface area contributed by atoms with E-state index in [1.54, 1.807) is 12.1 Å². The Balaban J connectivity index is 1.97. The molecular formula is C19H22FNO5S. The maximum Gasteiger partial charge on any atom is 0.243 e. The molecule has 0 atom stereocenters. The van der Waals surface area contributed by atoms with E-state index in [1.807, 2.05) is 0 Å². The number of methoxy groups -OCH3 is 3. The number of hydrogen-bond acceptors (Lipinski definition) is 5. The second-order valence-corrected chi connectivity index (χ2v) is 8.16. The summed E-state index contributed by atoms with van der Waals surface area (Å²) in [4.78, 5) is 0.0724. The van der Waals surface area contributed by atoms with Gasteiger partial charge in [0, 0.05) is 12.6 Å². The minimum atomic E-state index is -3.75. The predicted octanol–water partition coefficient (Wildman–Crippen LogP) is 3.20. The molecule has 0 spiro atoms. The van der Waals surface area contributed by atoms with Gasteiger partial charge in [0.2, 0.25) is 15.8 Å². The van der Waals surface area contributed by atoms with Crippen LogP contribution in [0.15, 0.2) is 41.3 Å². The first kappa shape index (κ1) is 19.4. The number of rotatable bonds is 8. The van der Waals surface area contributed by atoms with Crippen LogP contribution < -0.4 is 14.2 Å². The van der Waals surface area contributed by atoms with Crippen LogP contribution in [0.1, 0.15) is 18.4 Å². The van der Waals surface area contributed by atoms with Crippen molar-refractivity contribution < 1.29 is 27.0 Å². The lowest BCUT2D eigenvalue weighted by molar-refractivity contribution is 0.322. The molecule has 1 saturated carbocycles. The Morgan fingerprint density at radius 1 is 1.00 bits per heavy atom. The SMILES string of the molecule is COc1cc(CN(C2CC2)S(=O)(=O)c2ccc(F)cc2)cc(OC)c1OC. The molecule has 0 amide bonds. The Bertz CT molecular complexity index is 885. The van der Waals surface area contributed by atoms with E-state index in [2.05, 4.69) is 0 Å². The molecule has 8 heteroatoms. The van der Waals surface area contributed by atoms with Crippen LogP contribution in [0.25, 0.3) is 0 Å². The van der Waals surface area contributed by atoms with Crippen LogP contribution in [0.2, 0.25) is 0 Å². The molecule has 1 aliphatic carbocycles. The average Bonchev–Trinajstić information content (AvgIpc) is 3.50. The van der Waals surface area contributed by atoms with Crippen LogP contribution in [-0.2, 0) is 16.6 Å². The van der Waals surface area contributed by atoms with Crippen molar-refractivity contribution >= 4 is 10.0 Å². The molecule has 0 bridgehead atoms. The van der Waals surface area contributed by atoms with Crippen LogP contribution in [0, 0.1) is 5.82 Å². The second kappa shape index (κ2) is 7.74. The molecule has 1 fully saturated rings. The average molecular weight is 395 g/mol. The van der Waals surface area contributed by atoms with E-state index >= 15 is 0 Å². The fourth-order valence-corrected chi connectivity index (χ4v) is 4.59. The molecule has 146 valence electrons. The van der Waals surface area contributed by atoms with E-state index in [0.717, 1.165) is 25.0 Å². The van der Waals surface area contributed by atoms with Crippen molar-refractivity contribution in [2.45, 2.75) is 30.3 Å². The summed E-state index contributed by atoms with van der Waals surface area (Å²) in [7, 11) is 0.773. The van der Waals surface area contributed by atoms with E-state index in [1.165, 1.54) is 37.8 Å². The van der Waals surface area contributed by atoms with Crippen molar-refractivity contribution in [3.8, 4) is 17.2 Å². The van der Waals surface area contributed by atoms with E-state index in [9.17, 15) is 12.8 Å². The molecule has 1 aliphatic rings. The van der Waals surface area contributed by atoms with Gasteiger partial charge in [-0.15, -0.1) is 0 Å². The van der Waals surface area contributed by atoms with E-state index in [-0.39, 0.29) is 17.5 Å². The summed E-state index contributed by atoms with van der Waals surface area (Å²) in [6.07, 6.45) is 1.59. The lowest BCUT2D eigenvalue weighted by atomic mass is 10.1. The molecular weight excluding hydrogens is 373 g/mol. The van der Waals surface area contributed by atoms with Gasteiger partial charge in [0.05, 0.1) is 26.2 Å². The van der Waals surface area contributed by atoms with E-state index < -0.39 is 15.8 Å². The summed E-state index contributed by atoms with van der Waals surface area (Å²) in [6, 6.07) is 8.27. The van der Waals surface area contributed by atoms with Gasteiger partial charge in [0.25, 0.3) is 0 Å². The van der Waals surface area contributed by atoms with E-state index in [0.29, 0.717) is 22.8 Å². The van der Waals surface area contributed by atoms with Crippen LogP contribution in [-0.4, -0.2) is 40.1 Å². The van der Waals surface area contributed by atoms with Crippen molar-refractivity contribution in [2.24, 2.45) is 0 Å². The Kier molecular flexibility index (Phi) is 5.57.